The van der Waals surface area contributed by atoms with Crippen molar-refractivity contribution < 1.29 is 19.1 Å². The summed E-state index contributed by atoms with van der Waals surface area (Å²) in [6.07, 6.45) is 3.51. The van der Waals surface area contributed by atoms with E-state index in [2.05, 4.69) is 4.98 Å². The second-order valence-electron chi connectivity index (χ2n) is 6.61. The topological polar surface area (TPSA) is 71.6 Å². The van der Waals surface area contributed by atoms with Crippen molar-refractivity contribution in [3.8, 4) is 0 Å². The fraction of sp³-hybridized carbons (Fsp3) is 0.684. The number of nitrogens with one attached hydrogen (secondary N) is 1. The Morgan fingerprint density at radius 2 is 2.08 bits per heavy atom. The summed E-state index contributed by atoms with van der Waals surface area (Å²) in [5.74, 6) is -0.212. The van der Waals surface area contributed by atoms with E-state index in [-0.39, 0.29) is 18.0 Å². The SMILES string of the molecule is CCCC(=O)N(Cc1c(C)[nH]c(C(=O)OCC)c1C)C[C@@H]1CCCO1. The first kappa shape index (κ1) is 19.5. The van der Waals surface area contributed by atoms with Crippen LogP contribution < -0.4 is 0 Å². The van der Waals surface area contributed by atoms with Gasteiger partial charge in [-0.05, 0) is 51.2 Å². The molecule has 6 nitrogen and oxygen atoms in total. The van der Waals surface area contributed by atoms with Crippen LogP contribution in [0.4, 0.5) is 0 Å². The molecule has 1 aromatic heterocycles. The smallest absolute Gasteiger partial charge is 0.355 e. The van der Waals surface area contributed by atoms with Gasteiger partial charge < -0.3 is 19.4 Å². The van der Waals surface area contributed by atoms with Gasteiger partial charge in [-0.1, -0.05) is 6.92 Å². The van der Waals surface area contributed by atoms with E-state index in [1.807, 2.05) is 25.7 Å². The molecule has 1 fully saturated rings. The quantitative estimate of drug-likeness (QED) is 0.731. The number of hydrogen-bond donors (Lipinski definition) is 1. The lowest BCUT2D eigenvalue weighted by Crippen LogP contribution is -2.37. The standard InChI is InChI=1S/C19H30N2O4/c1-5-8-17(22)21(11-15-9-7-10-25-15)12-16-13(3)18(20-14(16)4)19(23)24-6-2/h15,20H,5-12H2,1-4H3/t15-/m0/s1. The number of aromatic nitrogens is 1. The van der Waals surface area contributed by atoms with Crippen molar-refractivity contribution in [1.29, 1.82) is 0 Å². The van der Waals surface area contributed by atoms with Gasteiger partial charge in [-0.2, -0.15) is 0 Å². The lowest BCUT2D eigenvalue weighted by atomic mass is 10.1. The summed E-state index contributed by atoms with van der Waals surface area (Å²) in [6.45, 7) is 9.84. The molecule has 0 radical (unpaired) electrons. The maximum Gasteiger partial charge on any atom is 0.355 e. The Balaban J connectivity index is 2.19. The number of carbonyl (C=O) groups is 2. The Morgan fingerprint density at radius 1 is 1.32 bits per heavy atom. The van der Waals surface area contributed by atoms with Gasteiger partial charge in [0.25, 0.3) is 0 Å². The van der Waals surface area contributed by atoms with Gasteiger partial charge in [0.15, 0.2) is 0 Å². The largest absolute Gasteiger partial charge is 0.461 e. The average molecular weight is 350 g/mol. The molecule has 25 heavy (non-hydrogen) atoms. The third kappa shape index (κ3) is 4.84. The van der Waals surface area contributed by atoms with Crippen LogP contribution in [0.25, 0.3) is 0 Å². The Labute approximate surface area is 149 Å². The van der Waals surface area contributed by atoms with Crippen LogP contribution in [-0.2, 0) is 20.8 Å². The number of rotatable bonds is 8. The van der Waals surface area contributed by atoms with E-state index in [1.54, 1.807) is 6.92 Å². The maximum atomic E-state index is 12.6. The average Bonchev–Trinajstić information content (AvgIpc) is 3.17. The Morgan fingerprint density at radius 3 is 2.68 bits per heavy atom. The zero-order chi connectivity index (χ0) is 18.4. The van der Waals surface area contributed by atoms with Crippen LogP contribution in [-0.4, -0.2) is 47.6 Å². The van der Waals surface area contributed by atoms with E-state index in [0.29, 0.717) is 31.8 Å². The zero-order valence-corrected chi connectivity index (χ0v) is 15.8. The van der Waals surface area contributed by atoms with Crippen LogP contribution >= 0.6 is 0 Å². The molecule has 140 valence electrons. The highest BCUT2D eigenvalue weighted by Gasteiger charge is 2.25. The number of H-pyrrole nitrogens is 1. The van der Waals surface area contributed by atoms with Crippen LogP contribution in [0.2, 0.25) is 0 Å². The van der Waals surface area contributed by atoms with E-state index >= 15 is 0 Å². The molecule has 1 atom stereocenters. The monoisotopic (exact) mass is 350 g/mol. The summed E-state index contributed by atoms with van der Waals surface area (Å²) in [5, 5.41) is 0. The summed E-state index contributed by atoms with van der Waals surface area (Å²) >= 11 is 0. The van der Waals surface area contributed by atoms with E-state index in [0.717, 1.165) is 42.7 Å². The Hall–Kier alpha value is -1.82. The van der Waals surface area contributed by atoms with Crippen LogP contribution in [0, 0.1) is 13.8 Å². The minimum absolute atomic E-state index is 0.116. The number of aryl methyl sites for hydroxylation is 1. The number of nitrogens with zero attached hydrogens (tertiary/aromatic N) is 1. The van der Waals surface area contributed by atoms with Gasteiger partial charge >= 0.3 is 5.97 Å². The molecule has 1 saturated heterocycles. The second kappa shape index (κ2) is 9.04. The minimum atomic E-state index is -0.347. The molecule has 2 rings (SSSR count). The summed E-state index contributed by atoms with van der Waals surface area (Å²) in [7, 11) is 0. The van der Waals surface area contributed by atoms with Crippen molar-refractivity contribution in [2.45, 2.75) is 66.0 Å². The van der Waals surface area contributed by atoms with E-state index in [4.69, 9.17) is 9.47 Å². The van der Waals surface area contributed by atoms with Crippen molar-refractivity contribution in [2.24, 2.45) is 0 Å². The third-order valence-corrected chi connectivity index (χ3v) is 4.69. The number of carbonyl (C=O) groups excluding carboxylic acids is 2. The molecule has 1 aliphatic rings. The van der Waals surface area contributed by atoms with Gasteiger partial charge in [0.05, 0.1) is 12.7 Å². The predicted octanol–water partition coefficient (Wildman–Crippen LogP) is 3.12. The number of hydrogen-bond acceptors (Lipinski definition) is 4. The maximum absolute atomic E-state index is 12.6. The number of esters is 1. The highest BCUT2D eigenvalue weighted by Crippen LogP contribution is 2.23. The first-order valence-electron chi connectivity index (χ1n) is 9.22. The molecule has 1 N–H and O–H groups in total. The molecule has 0 saturated carbocycles. The predicted molar refractivity (Wildman–Crippen MR) is 95.5 cm³/mol. The molecule has 0 spiro atoms. The van der Waals surface area contributed by atoms with Gasteiger partial charge in [0, 0.05) is 31.8 Å². The first-order chi connectivity index (χ1) is 12.0. The summed E-state index contributed by atoms with van der Waals surface area (Å²) in [4.78, 5) is 29.6. The van der Waals surface area contributed by atoms with Gasteiger partial charge in [0.1, 0.15) is 5.69 Å². The van der Waals surface area contributed by atoms with Crippen molar-refractivity contribution in [1.82, 2.24) is 9.88 Å². The lowest BCUT2D eigenvalue weighted by molar-refractivity contribution is -0.133. The molecular weight excluding hydrogens is 320 g/mol. The fourth-order valence-electron chi connectivity index (χ4n) is 3.28. The number of amides is 1. The molecule has 6 heteroatoms. The molecular formula is C19H30N2O4. The van der Waals surface area contributed by atoms with Crippen molar-refractivity contribution in [3.63, 3.8) is 0 Å². The fourth-order valence-corrected chi connectivity index (χ4v) is 3.28. The van der Waals surface area contributed by atoms with Crippen molar-refractivity contribution in [3.05, 3.63) is 22.5 Å². The van der Waals surface area contributed by atoms with Crippen LogP contribution in [0.15, 0.2) is 0 Å². The van der Waals surface area contributed by atoms with Crippen molar-refractivity contribution in [2.75, 3.05) is 19.8 Å². The molecule has 0 unspecified atom stereocenters. The van der Waals surface area contributed by atoms with Crippen LogP contribution in [0.3, 0.4) is 0 Å². The summed E-state index contributed by atoms with van der Waals surface area (Å²) in [6, 6.07) is 0. The summed E-state index contributed by atoms with van der Waals surface area (Å²) in [5.41, 5.74) is 3.24. The molecule has 0 aromatic carbocycles. The van der Waals surface area contributed by atoms with Gasteiger partial charge in [-0.25, -0.2) is 4.79 Å². The van der Waals surface area contributed by atoms with Gasteiger partial charge in [0.2, 0.25) is 5.91 Å². The van der Waals surface area contributed by atoms with Crippen molar-refractivity contribution >= 4 is 11.9 Å². The third-order valence-electron chi connectivity index (χ3n) is 4.69. The Bertz CT molecular complexity index is 603. The van der Waals surface area contributed by atoms with Gasteiger partial charge in [-0.15, -0.1) is 0 Å². The summed E-state index contributed by atoms with van der Waals surface area (Å²) < 4.78 is 10.8. The van der Waals surface area contributed by atoms with E-state index < -0.39 is 0 Å². The highest BCUT2D eigenvalue weighted by molar-refractivity contribution is 5.90. The molecule has 0 bridgehead atoms. The van der Waals surface area contributed by atoms with E-state index in [9.17, 15) is 9.59 Å². The highest BCUT2D eigenvalue weighted by atomic mass is 16.5. The minimum Gasteiger partial charge on any atom is -0.461 e. The molecule has 0 aliphatic carbocycles. The normalized spacial score (nSPS) is 16.9. The lowest BCUT2D eigenvalue weighted by Gasteiger charge is -2.26. The molecule has 1 aromatic rings. The van der Waals surface area contributed by atoms with Crippen LogP contribution in [0.1, 0.15) is 66.8 Å². The molecule has 1 amide bonds. The number of aromatic amines is 1. The van der Waals surface area contributed by atoms with Crippen LogP contribution in [0.5, 0.6) is 0 Å². The molecule has 1 aliphatic heterocycles. The van der Waals surface area contributed by atoms with Gasteiger partial charge in [-0.3, -0.25) is 4.79 Å². The second-order valence-corrected chi connectivity index (χ2v) is 6.61. The number of ether oxygens (including phenoxy) is 2. The molecule has 2 heterocycles. The Kier molecular flexibility index (Phi) is 7.05. The van der Waals surface area contributed by atoms with E-state index in [1.165, 1.54) is 0 Å². The zero-order valence-electron chi connectivity index (χ0n) is 15.8. The first-order valence-corrected chi connectivity index (χ1v) is 9.22.